The maximum Gasteiger partial charge on any atom is 0.415 e. The molecule has 126 valence electrons. The van der Waals surface area contributed by atoms with Gasteiger partial charge in [-0.25, -0.2) is 13.6 Å². The van der Waals surface area contributed by atoms with Crippen LogP contribution in [0.4, 0.5) is 19.3 Å². The Balaban J connectivity index is 2.18. The maximum absolute atomic E-state index is 13.9. The van der Waals surface area contributed by atoms with E-state index in [1.54, 1.807) is 24.3 Å². The highest BCUT2D eigenvalue weighted by Gasteiger charge is 2.24. The summed E-state index contributed by atoms with van der Waals surface area (Å²) in [7, 11) is 1.14. The monoisotopic (exact) mass is 335 g/mol. The van der Waals surface area contributed by atoms with Gasteiger partial charge in [-0.1, -0.05) is 30.3 Å². The molecule has 2 aromatic rings. The Labute approximate surface area is 137 Å². The molecule has 0 bridgehead atoms. The Morgan fingerprint density at radius 2 is 1.79 bits per heavy atom. The van der Waals surface area contributed by atoms with Crippen molar-refractivity contribution in [2.75, 3.05) is 18.6 Å². The van der Waals surface area contributed by atoms with Crippen molar-refractivity contribution < 1.29 is 27.8 Å². The van der Waals surface area contributed by atoms with Crippen LogP contribution in [-0.2, 0) is 20.9 Å². The molecule has 2 aromatic carbocycles. The summed E-state index contributed by atoms with van der Waals surface area (Å²) in [6.45, 7) is -0.618. The predicted molar refractivity (Wildman–Crippen MR) is 82.3 cm³/mol. The molecular formula is C17H15F2NO4. The van der Waals surface area contributed by atoms with E-state index in [9.17, 15) is 18.4 Å². The van der Waals surface area contributed by atoms with E-state index >= 15 is 0 Å². The van der Waals surface area contributed by atoms with Crippen LogP contribution in [-0.4, -0.2) is 25.7 Å². The minimum atomic E-state index is -0.990. The number of esters is 1. The lowest BCUT2D eigenvalue weighted by Gasteiger charge is -2.21. The molecule has 2 rings (SSSR count). The number of benzene rings is 2. The molecule has 0 atom stereocenters. The van der Waals surface area contributed by atoms with Crippen LogP contribution in [0.1, 0.15) is 5.56 Å². The standard InChI is InChI=1S/C17H15F2NO4/c1-23-16(21)10-20(15-8-7-13(18)9-14(15)19)17(22)24-11-12-5-3-2-4-6-12/h2-9H,10-11H2,1H3. The third kappa shape index (κ3) is 4.52. The summed E-state index contributed by atoms with van der Waals surface area (Å²) in [6.07, 6.45) is -0.949. The van der Waals surface area contributed by atoms with Crippen LogP contribution in [0, 0.1) is 11.6 Å². The van der Waals surface area contributed by atoms with Crippen LogP contribution in [0.5, 0.6) is 0 Å². The van der Waals surface area contributed by atoms with Crippen LogP contribution in [0.2, 0.25) is 0 Å². The van der Waals surface area contributed by atoms with Gasteiger partial charge in [0.05, 0.1) is 12.8 Å². The summed E-state index contributed by atoms with van der Waals surface area (Å²) in [4.78, 5) is 24.5. The molecule has 0 aromatic heterocycles. The summed E-state index contributed by atoms with van der Waals surface area (Å²) < 4.78 is 36.6. The van der Waals surface area contributed by atoms with E-state index in [1.165, 1.54) is 0 Å². The fourth-order valence-electron chi connectivity index (χ4n) is 1.94. The highest BCUT2D eigenvalue weighted by molar-refractivity contribution is 5.93. The Hall–Kier alpha value is -2.96. The van der Waals surface area contributed by atoms with Crippen molar-refractivity contribution in [1.82, 2.24) is 0 Å². The minimum absolute atomic E-state index is 0.0554. The van der Waals surface area contributed by atoms with E-state index in [2.05, 4.69) is 4.74 Å². The highest BCUT2D eigenvalue weighted by Crippen LogP contribution is 2.21. The Morgan fingerprint density at radius 1 is 1.08 bits per heavy atom. The molecule has 0 aliphatic rings. The SMILES string of the molecule is COC(=O)CN(C(=O)OCc1ccccc1)c1ccc(F)cc1F. The largest absolute Gasteiger partial charge is 0.468 e. The Kier molecular flexibility index (Phi) is 5.83. The number of methoxy groups -OCH3 is 1. The molecule has 0 unspecified atom stereocenters. The number of ether oxygens (including phenoxy) is 2. The van der Waals surface area contributed by atoms with Gasteiger partial charge in [-0.2, -0.15) is 0 Å². The van der Waals surface area contributed by atoms with Gasteiger partial charge in [-0.15, -0.1) is 0 Å². The maximum atomic E-state index is 13.9. The minimum Gasteiger partial charge on any atom is -0.468 e. The normalized spacial score (nSPS) is 10.1. The van der Waals surface area contributed by atoms with Crippen molar-refractivity contribution in [3.05, 3.63) is 65.7 Å². The van der Waals surface area contributed by atoms with Gasteiger partial charge >= 0.3 is 12.1 Å². The summed E-state index contributed by atoms with van der Waals surface area (Å²) in [6, 6.07) is 11.5. The van der Waals surface area contributed by atoms with Crippen LogP contribution in [0.15, 0.2) is 48.5 Å². The van der Waals surface area contributed by atoms with Gasteiger partial charge in [0, 0.05) is 6.07 Å². The van der Waals surface area contributed by atoms with E-state index in [0.29, 0.717) is 6.07 Å². The fraction of sp³-hybridized carbons (Fsp3) is 0.176. The topological polar surface area (TPSA) is 55.8 Å². The number of hydrogen-bond donors (Lipinski definition) is 0. The zero-order chi connectivity index (χ0) is 17.5. The van der Waals surface area contributed by atoms with E-state index in [0.717, 1.165) is 29.7 Å². The quantitative estimate of drug-likeness (QED) is 0.787. The third-order valence-electron chi connectivity index (χ3n) is 3.14. The lowest BCUT2D eigenvalue weighted by Crippen LogP contribution is -2.37. The fourth-order valence-corrected chi connectivity index (χ4v) is 1.94. The van der Waals surface area contributed by atoms with Crippen molar-refractivity contribution in [2.24, 2.45) is 0 Å². The van der Waals surface area contributed by atoms with Gasteiger partial charge in [0.15, 0.2) is 0 Å². The van der Waals surface area contributed by atoms with Crippen molar-refractivity contribution in [1.29, 1.82) is 0 Å². The molecular weight excluding hydrogens is 320 g/mol. The molecule has 7 heteroatoms. The number of amides is 1. The van der Waals surface area contributed by atoms with E-state index in [1.807, 2.05) is 6.07 Å². The molecule has 0 N–H and O–H groups in total. The van der Waals surface area contributed by atoms with Gasteiger partial charge in [0.25, 0.3) is 0 Å². The second-order valence-corrected chi connectivity index (χ2v) is 4.80. The average molecular weight is 335 g/mol. The van der Waals surface area contributed by atoms with Gasteiger partial charge in [-0.05, 0) is 17.7 Å². The van der Waals surface area contributed by atoms with Crippen molar-refractivity contribution in [3.8, 4) is 0 Å². The van der Waals surface area contributed by atoms with E-state index < -0.39 is 30.2 Å². The summed E-state index contributed by atoms with van der Waals surface area (Å²) in [5, 5.41) is 0. The molecule has 1 amide bonds. The molecule has 0 aliphatic carbocycles. The molecule has 0 radical (unpaired) electrons. The molecule has 24 heavy (non-hydrogen) atoms. The Morgan fingerprint density at radius 3 is 2.42 bits per heavy atom. The van der Waals surface area contributed by atoms with Crippen molar-refractivity contribution >= 4 is 17.7 Å². The smallest absolute Gasteiger partial charge is 0.415 e. The van der Waals surface area contributed by atoms with E-state index in [4.69, 9.17) is 4.74 Å². The molecule has 0 aliphatic heterocycles. The van der Waals surface area contributed by atoms with Crippen molar-refractivity contribution in [2.45, 2.75) is 6.61 Å². The first kappa shape index (κ1) is 17.4. The van der Waals surface area contributed by atoms with E-state index in [-0.39, 0.29) is 12.3 Å². The zero-order valence-electron chi connectivity index (χ0n) is 12.9. The number of anilines is 1. The average Bonchev–Trinajstić information content (AvgIpc) is 2.59. The molecule has 0 spiro atoms. The second kappa shape index (κ2) is 8.05. The first-order chi connectivity index (χ1) is 11.5. The second-order valence-electron chi connectivity index (χ2n) is 4.80. The van der Waals surface area contributed by atoms with Gasteiger partial charge in [0.1, 0.15) is 24.8 Å². The molecule has 0 saturated carbocycles. The molecule has 5 nitrogen and oxygen atoms in total. The first-order valence-corrected chi connectivity index (χ1v) is 7.01. The number of halogens is 2. The van der Waals surface area contributed by atoms with Crippen LogP contribution < -0.4 is 4.90 Å². The number of carbonyl (C=O) groups excluding carboxylic acids is 2. The Bertz CT molecular complexity index is 722. The predicted octanol–water partition coefficient (Wildman–Crippen LogP) is 3.28. The third-order valence-corrected chi connectivity index (χ3v) is 3.14. The van der Waals surface area contributed by atoms with Gasteiger partial charge in [-0.3, -0.25) is 9.69 Å². The zero-order valence-corrected chi connectivity index (χ0v) is 12.9. The lowest BCUT2D eigenvalue weighted by atomic mass is 10.2. The molecule has 0 saturated heterocycles. The summed E-state index contributed by atoms with van der Waals surface area (Å²) in [5.74, 6) is -2.56. The molecule has 0 fully saturated rings. The van der Waals surface area contributed by atoms with Crippen LogP contribution >= 0.6 is 0 Å². The number of rotatable bonds is 5. The summed E-state index contributed by atoms with van der Waals surface area (Å²) >= 11 is 0. The number of nitrogens with zero attached hydrogens (tertiary/aromatic N) is 1. The van der Waals surface area contributed by atoms with Gasteiger partial charge in [0.2, 0.25) is 0 Å². The van der Waals surface area contributed by atoms with Crippen LogP contribution in [0.25, 0.3) is 0 Å². The van der Waals surface area contributed by atoms with Crippen molar-refractivity contribution in [3.63, 3.8) is 0 Å². The van der Waals surface area contributed by atoms with Gasteiger partial charge < -0.3 is 9.47 Å². The first-order valence-electron chi connectivity index (χ1n) is 7.01. The highest BCUT2D eigenvalue weighted by atomic mass is 19.1. The van der Waals surface area contributed by atoms with Crippen LogP contribution in [0.3, 0.4) is 0 Å². The lowest BCUT2D eigenvalue weighted by molar-refractivity contribution is -0.138. The number of carbonyl (C=O) groups is 2. The molecule has 0 heterocycles. The summed E-state index contributed by atoms with van der Waals surface area (Å²) in [5.41, 5.74) is 0.448. The number of hydrogen-bond acceptors (Lipinski definition) is 4.